The van der Waals surface area contributed by atoms with Crippen molar-refractivity contribution in [2.24, 2.45) is 0 Å². The van der Waals surface area contributed by atoms with Crippen molar-refractivity contribution in [1.82, 2.24) is 19.9 Å². The fourth-order valence-corrected chi connectivity index (χ4v) is 2.74. The topological polar surface area (TPSA) is 55.1 Å². The van der Waals surface area contributed by atoms with Gasteiger partial charge in [-0.15, -0.1) is 0 Å². The van der Waals surface area contributed by atoms with Crippen LogP contribution < -0.4 is 0 Å². The fourth-order valence-electron chi connectivity index (χ4n) is 2.74. The maximum absolute atomic E-state index is 5.29. The molecular weight excluding hydrogens is 252 g/mol. The molecule has 5 heteroatoms. The minimum atomic E-state index is 0.493. The van der Waals surface area contributed by atoms with E-state index in [4.69, 9.17) is 4.42 Å². The van der Waals surface area contributed by atoms with E-state index in [0.29, 0.717) is 17.9 Å². The molecule has 0 amide bonds. The molecule has 0 spiro atoms. The van der Waals surface area contributed by atoms with Gasteiger partial charge in [-0.2, -0.15) is 0 Å². The average Bonchev–Trinajstić information content (AvgIpc) is 3.02. The second-order valence-electron chi connectivity index (χ2n) is 5.57. The van der Waals surface area contributed by atoms with Gasteiger partial charge < -0.3 is 9.32 Å². The van der Waals surface area contributed by atoms with Crippen LogP contribution in [-0.4, -0.2) is 39.0 Å². The molecule has 0 saturated carbocycles. The van der Waals surface area contributed by atoms with E-state index in [1.54, 1.807) is 18.7 Å². The van der Waals surface area contributed by atoms with Gasteiger partial charge in [-0.25, -0.2) is 9.97 Å². The third kappa shape index (κ3) is 2.72. The van der Waals surface area contributed by atoms with Crippen LogP contribution in [0.25, 0.3) is 11.6 Å². The van der Waals surface area contributed by atoms with Gasteiger partial charge in [0.15, 0.2) is 0 Å². The van der Waals surface area contributed by atoms with Crippen LogP contribution >= 0.6 is 0 Å². The number of piperidine rings is 1. The van der Waals surface area contributed by atoms with Crippen molar-refractivity contribution in [3.8, 4) is 11.6 Å². The Morgan fingerprint density at radius 3 is 2.70 bits per heavy atom. The zero-order valence-corrected chi connectivity index (χ0v) is 12.0. The third-order valence-corrected chi connectivity index (χ3v) is 3.98. The van der Waals surface area contributed by atoms with E-state index in [0.717, 1.165) is 37.3 Å². The molecule has 106 valence electrons. The van der Waals surface area contributed by atoms with E-state index in [-0.39, 0.29) is 0 Å². The molecule has 1 saturated heterocycles. The predicted molar refractivity (Wildman–Crippen MR) is 76.2 cm³/mol. The number of oxazole rings is 1. The Labute approximate surface area is 119 Å². The Hall–Kier alpha value is -1.75. The molecule has 2 aromatic heterocycles. The lowest BCUT2D eigenvalue weighted by Gasteiger charge is -2.34. The molecule has 0 radical (unpaired) electrons. The van der Waals surface area contributed by atoms with Crippen LogP contribution in [0.15, 0.2) is 29.3 Å². The molecule has 0 aliphatic carbocycles. The van der Waals surface area contributed by atoms with Gasteiger partial charge in [0.05, 0.1) is 18.1 Å². The van der Waals surface area contributed by atoms with Gasteiger partial charge in [-0.1, -0.05) is 0 Å². The first-order chi connectivity index (χ1) is 9.74. The van der Waals surface area contributed by atoms with E-state index >= 15 is 0 Å². The summed E-state index contributed by atoms with van der Waals surface area (Å²) in [6.45, 7) is 6.77. The Balaban J connectivity index is 1.74. The summed E-state index contributed by atoms with van der Waals surface area (Å²) in [6, 6.07) is 0.626. The summed E-state index contributed by atoms with van der Waals surface area (Å²) in [5.41, 5.74) is 1.78. The molecule has 3 rings (SSSR count). The molecule has 0 unspecified atom stereocenters. The van der Waals surface area contributed by atoms with E-state index < -0.39 is 0 Å². The Bertz CT molecular complexity index is 545. The van der Waals surface area contributed by atoms with Gasteiger partial charge in [0.1, 0.15) is 12.0 Å². The van der Waals surface area contributed by atoms with E-state index in [2.05, 4.69) is 33.7 Å². The number of hydrogen-bond donors (Lipinski definition) is 0. The lowest BCUT2D eigenvalue weighted by molar-refractivity contribution is 0.170. The van der Waals surface area contributed by atoms with Crippen LogP contribution in [0.4, 0.5) is 0 Å². The largest absolute Gasteiger partial charge is 0.443 e. The lowest BCUT2D eigenvalue weighted by atomic mass is 9.93. The first-order valence-corrected chi connectivity index (χ1v) is 7.20. The molecule has 1 aliphatic rings. The Morgan fingerprint density at radius 2 is 2.05 bits per heavy atom. The monoisotopic (exact) mass is 272 g/mol. The van der Waals surface area contributed by atoms with Crippen molar-refractivity contribution in [2.45, 2.75) is 38.6 Å². The molecule has 2 aromatic rings. The Kier molecular flexibility index (Phi) is 3.78. The zero-order valence-electron chi connectivity index (χ0n) is 12.0. The van der Waals surface area contributed by atoms with Crippen LogP contribution in [0.3, 0.4) is 0 Å². The molecule has 0 bridgehead atoms. The van der Waals surface area contributed by atoms with Crippen LogP contribution in [0, 0.1) is 0 Å². The molecule has 1 aliphatic heterocycles. The summed E-state index contributed by atoms with van der Waals surface area (Å²) in [4.78, 5) is 15.6. The maximum atomic E-state index is 5.29. The number of likely N-dealkylation sites (tertiary alicyclic amines) is 1. The fraction of sp³-hybridized carbons (Fsp3) is 0.533. The summed E-state index contributed by atoms with van der Waals surface area (Å²) < 4.78 is 5.29. The van der Waals surface area contributed by atoms with E-state index in [1.165, 1.54) is 0 Å². The highest BCUT2D eigenvalue weighted by molar-refractivity contribution is 5.44. The van der Waals surface area contributed by atoms with Crippen LogP contribution in [0.5, 0.6) is 0 Å². The smallest absolute Gasteiger partial charge is 0.246 e. The quantitative estimate of drug-likeness (QED) is 0.860. The molecule has 0 atom stereocenters. The van der Waals surface area contributed by atoms with E-state index in [9.17, 15) is 0 Å². The van der Waals surface area contributed by atoms with Crippen molar-refractivity contribution in [2.75, 3.05) is 13.1 Å². The van der Waals surface area contributed by atoms with Gasteiger partial charge in [0, 0.05) is 18.2 Å². The molecule has 0 aromatic carbocycles. The molecular formula is C15H20N4O. The molecule has 5 nitrogen and oxygen atoms in total. The average molecular weight is 272 g/mol. The van der Waals surface area contributed by atoms with Gasteiger partial charge >= 0.3 is 0 Å². The first-order valence-electron chi connectivity index (χ1n) is 7.20. The summed E-state index contributed by atoms with van der Waals surface area (Å²) in [5.74, 6) is 1.03. The normalized spacial score (nSPS) is 17.8. The number of hydrogen-bond acceptors (Lipinski definition) is 5. The molecule has 3 heterocycles. The second-order valence-corrected chi connectivity index (χ2v) is 5.57. The van der Waals surface area contributed by atoms with Crippen molar-refractivity contribution in [3.05, 3.63) is 30.5 Å². The highest BCUT2D eigenvalue weighted by Gasteiger charge is 2.23. The van der Waals surface area contributed by atoms with Crippen LogP contribution in [0.1, 0.15) is 38.3 Å². The summed E-state index contributed by atoms with van der Waals surface area (Å²) in [6.07, 6.45) is 9.06. The number of nitrogens with zero attached hydrogens (tertiary/aromatic N) is 4. The van der Waals surface area contributed by atoms with Gasteiger partial charge in [-0.3, -0.25) is 4.98 Å². The summed E-state index contributed by atoms with van der Waals surface area (Å²) >= 11 is 0. The number of rotatable bonds is 3. The predicted octanol–water partition coefficient (Wildman–Crippen LogP) is 2.72. The SMILES string of the molecule is CC(C)N1CCC(c2cncc(-c3ncco3)n2)CC1. The van der Waals surface area contributed by atoms with Gasteiger partial charge in [0.2, 0.25) is 5.89 Å². The third-order valence-electron chi connectivity index (χ3n) is 3.98. The summed E-state index contributed by atoms with van der Waals surface area (Å²) in [5, 5.41) is 0. The van der Waals surface area contributed by atoms with Gasteiger partial charge in [0.25, 0.3) is 0 Å². The highest BCUT2D eigenvalue weighted by atomic mass is 16.3. The minimum absolute atomic E-state index is 0.493. The van der Waals surface area contributed by atoms with Crippen LogP contribution in [-0.2, 0) is 0 Å². The molecule has 20 heavy (non-hydrogen) atoms. The summed E-state index contributed by atoms with van der Waals surface area (Å²) in [7, 11) is 0. The second kappa shape index (κ2) is 5.71. The maximum Gasteiger partial charge on any atom is 0.246 e. The Morgan fingerprint density at radius 1 is 1.25 bits per heavy atom. The van der Waals surface area contributed by atoms with E-state index in [1.807, 2.05) is 6.20 Å². The highest BCUT2D eigenvalue weighted by Crippen LogP contribution is 2.28. The van der Waals surface area contributed by atoms with Crippen molar-refractivity contribution >= 4 is 0 Å². The number of aromatic nitrogens is 3. The van der Waals surface area contributed by atoms with Crippen molar-refractivity contribution in [3.63, 3.8) is 0 Å². The molecule has 1 fully saturated rings. The van der Waals surface area contributed by atoms with Crippen LogP contribution in [0.2, 0.25) is 0 Å². The minimum Gasteiger partial charge on any atom is -0.443 e. The van der Waals surface area contributed by atoms with Crippen molar-refractivity contribution < 1.29 is 4.42 Å². The molecule has 0 N–H and O–H groups in total. The standard InChI is InChI=1S/C15H20N4O/c1-11(2)19-6-3-12(4-7-19)13-9-16-10-14(18-13)15-17-5-8-20-15/h5,8-12H,3-4,6-7H2,1-2H3. The van der Waals surface area contributed by atoms with Gasteiger partial charge in [-0.05, 0) is 39.8 Å². The zero-order chi connectivity index (χ0) is 13.9. The lowest BCUT2D eigenvalue weighted by Crippen LogP contribution is -2.38. The van der Waals surface area contributed by atoms with Crippen molar-refractivity contribution in [1.29, 1.82) is 0 Å². The first kappa shape index (κ1) is 13.2.